The maximum Gasteiger partial charge on any atom is 0.335 e. The summed E-state index contributed by atoms with van der Waals surface area (Å²) in [5.41, 5.74) is 0.527. The predicted molar refractivity (Wildman–Crippen MR) is 118 cm³/mol. The Kier molecular flexibility index (Phi) is 7.21. The Morgan fingerprint density at radius 2 is 1.75 bits per heavy atom. The summed E-state index contributed by atoms with van der Waals surface area (Å²) in [5, 5.41) is 24.3. The summed E-state index contributed by atoms with van der Waals surface area (Å²) >= 11 is 1.41. The molecule has 1 aromatic carbocycles. The third kappa shape index (κ3) is 5.89. The molecular formula is C21H24N4O6S. The Balaban J connectivity index is 1.61. The average Bonchev–Trinajstić information content (AvgIpc) is 3.04. The highest BCUT2D eigenvalue weighted by molar-refractivity contribution is 7.15. The number of nitrogens with zero attached hydrogens (tertiary/aromatic N) is 2. The number of rotatable bonds is 7. The summed E-state index contributed by atoms with van der Waals surface area (Å²) in [6.07, 6.45) is 1.33. The first kappa shape index (κ1) is 23.4. The molecule has 4 N–H and O–H groups in total. The number of amides is 2. The van der Waals surface area contributed by atoms with E-state index in [2.05, 4.69) is 15.6 Å². The number of benzene rings is 1. The number of hydrogen-bond donors (Lipinski definition) is 4. The molecule has 1 aromatic heterocycles. The van der Waals surface area contributed by atoms with Crippen LogP contribution in [-0.4, -0.2) is 63.5 Å². The summed E-state index contributed by atoms with van der Waals surface area (Å²) in [4.78, 5) is 54.9. The van der Waals surface area contributed by atoms with E-state index in [9.17, 15) is 29.4 Å². The predicted octanol–water partition coefficient (Wildman–Crippen LogP) is 2.45. The summed E-state index contributed by atoms with van der Waals surface area (Å²) in [5.74, 6) is -3.55. The van der Waals surface area contributed by atoms with Crippen LogP contribution in [0.3, 0.4) is 0 Å². The zero-order chi connectivity index (χ0) is 23.4. The number of piperidine rings is 1. The molecule has 10 nitrogen and oxygen atoms in total. The van der Waals surface area contributed by atoms with E-state index < -0.39 is 17.9 Å². The number of likely N-dealkylation sites (tertiary alicyclic amines) is 1. The standard InChI is InChI=1S/C21H24N4O6S/c1-11-12(2)32-21(22-11)24-17(26)10-25-5-3-4-13(9-25)18(27)23-16-7-14(19(28)29)6-15(8-16)20(30)31/h6-8,13H,3-5,9-10H2,1-2H3,(H,23,27)(H,28,29)(H,30,31)(H,22,24,26). The molecule has 0 aliphatic carbocycles. The van der Waals surface area contributed by atoms with Crippen LogP contribution < -0.4 is 10.6 Å². The second-order valence-electron chi connectivity index (χ2n) is 7.68. The highest BCUT2D eigenvalue weighted by atomic mass is 32.1. The molecule has 1 aliphatic heterocycles. The van der Waals surface area contributed by atoms with Gasteiger partial charge in [0.25, 0.3) is 0 Å². The van der Waals surface area contributed by atoms with Gasteiger partial charge in [0.15, 0.2) is 5.13 Å². The number of carbonyl (C=O) groups is 4. The Morgan fingerprint density at radius 1 is 1.09 bits per heavy atom. The number of aromatic carboxylic acids is 2. The number of anilines is 2. The SMILES string of the molecule is Cc1nc(NC(=O)CN2CCCC(C(=O)Nc3cc(C(=O)O)cc(C(=O)O)c3)C2)sc1C. The van der Waals surface area contributed by atoms with Crippen molar-refractivity contribution in [3.05, 3.63) is 39.9 Å². The number of hydrogen-bond acceptors (Lipinski definition) is 7. The maximum absolute atomic E-state index is 12.8. The minimum absolute atomic E-state index is 0.108. The van der Waals surface area contributed by atoms with Crippen LogP contribution >= 0.6 is 11.3 Å². The summed E-state index contributed by atoms with van der Waals surface area (Å²) in [7, 11) is 0. The van der Waals surface area contributed by atoms with E-state index in [4.69, 9.17) is 0 Å². The van der Waals surface area contributed by atoms with Gasteiger partial charge in [0.05, 0.1) is 29.3 Å². The molecule has 32 heavy (non-hydrogen) atoms. The normalized spacial score (nSPS) is 16.4. The van der Waals surface area contributed by atoms with Gasteiger partial charge in [-0.1, -0.05) is 0 Å². The van der Waals surface area contributed by atoms with E-state index in [1.807, 2.05) is 18.7 Å². The van der Waals surface area contributed by atoms with E-state index in [1.54, 1.807) is 0 Å². The number of aromatic nitrogens is 1. The van der Waals surface area contributed by atoms with Crippen molar-refractivity contribution in [2.24, 2.45) is 5.92 Å². The van der Waals surface area contributed by atoms with Gasteiger partial charge in [-0.25, -0.2) is 14.6 Å². The average molecular weight is 461 g/mol. The van der Waals surface area contributed by atoms with Crippen LogP contribution in [0.4, 0.5) is 10.8 Å². The molecule has 1 saturated heterocycles. The third-order valence-electron chi connectivity index (χ3n) is 5.21. The highest BCUT2D eigenvalue weighted by Crippen LogP contribution is 2.23. The summed E-state index contributed by atoms with van der Waals surface area (Å²) in [6, 6.07) is 3.48. The molecule has 0 spiro atoms. The van der Waals surface area contributed by atoms with Gasteiger partial charge in [0, 0.05) is 17.1 Å². The van der Waals surface area contributed by atoms with Gasteiger partial charge < -0.3 is 20.8 Å². The fourth-order valence-electron chi connectivity index (χ4n) is 3.49. The molecule has 11 heteroatoms. The molecule has 1 aliphatic rings. The molecule has 2 amide bonds. The second-order valence-corrected chi connectivity index (χ2v) is 8.88. The molecule has 0 bridgehead atoms. The first-order valence-corrected chi connectivity index (χ1v) is 10.8. The van der Waals surface area contributed by atoms with E-state index >= 15 is 0 Å². The molecule has 170 valence electrons. The van der Waals surface area contributed by atoms with Gasteiger partial charge in [-0.2, -0.15) is 0 Å². The van der Waals surface area contributed by atoms with Gasteiger partial charge in [-0.3, -0.25) is 14.5 Å². The molecule has 3 rings (SSSR count). The van der Waals surface area contributed by atoms with Crippen molar-refractivity contribution in [2.45, 2.75) is 26.7 Å². The Hall–Kier alpha value is -3.31. The molecule has 0 radical (unpaired) electrons. The minimum atomic E-state index is -1.29. The monoisotopic (exact) mass is 460 g/mol. The number of carboxylic acid groups (broad SMARTS) is 2. The quantitative estimate of drug-likeness (QED) is 0.492. The van der Waals surface area contributed by atoms with E-state index in [1.165, 1.54) is 23.5 Å². The number of carboxylic acids is 2. The lowest BCUT2D eigenvalue weighted by Crippen LogP contribution is -2.44. The van der Waals surface area contributed by atoms with E-state index in [0.29, 0.717) is 24.6 Å². The van der Waals surface area contributed by atoms with Gasteiger partial charge in [-0.15, -0.1) is 11.3 Å². The topological polar surface area (TPSA) is 149 Å². The van der Waals surface area contributed by atoms with Crippen LogP contribution in [0.2, 0.25) is 0 Å². The van der Waals surface area contributed by atoms with Crippen LogP contribution in [0.5, 0.6) is 0 Å². The minimum Gasteiger partial charge on any atom is -0.478 e. The lowest BCUT2D eigenvalue weighted by atomic mass is 9.97. The van der Waals surface area contributed by atoms with Crippen molar-refractivity contribution in [3.63, 3.8) is 0 Å². The molecule has 1 fully saturated rings. The summed E-state index contributed by atoms with van der Waals surface area (Å²) < 4.78 is 0. The van der Waals surface area contributed by atoms with Gasteiger partial charge in [0.2, 0.25) is 11.8 Å². The lowest BCUT2D eigenvalue weighted by molar-refractivity contribution is -0.123. The first-order chi connectivity index (χ1) is 15.1. The fraction of sp³-hybridized carbons (Fsp3) is 0.381. The van der Waals surface area contributed by atoms with Crippen LogP contribution in [-0.2, 0) is 9.59 Å². The molecule has 1 atom stereocenters. The maximum atomic E-state index is 12.8. The zero-order valence-corrected chi connectivity index (χ0v) is 18.5. The van der Waals surface area contributed by atoms with Crippen LogP contribution in [0, 0.1) is 19.8 Å². The number of thiazole rings is 1. The molecule has 2 aromatic rings. The van der Waals surface area contributed by atoms with Crippen molar-refractivity contribution < 1.29 is 29.4 Å². The van der Waals surface area contributed by atoms with Crippen molar-refractivity contribution in [1.29, 1.82) is 0 Å². The van der Waals surface area contributed by atoms with Gasteiger partial charge in [-0.05, 0) is 51.4 Å². The molecule has 2 heterocycles. The van der Waals surface area contributed by atoms with Crippen LogP contribution in [0.25, 0.3) is 0 Å². The second kappa shape index (κ2) is 9.88. The molecule has 0 saturated carbocycles. The highest BCUT2D eigenvalue weighted by Gasteiger charge is 2.27. The third-order valence-corrected chi connectivity index (χ3v) is 6.20. The number of aryl methyl sites for hydroxylation is 2. The van der Waals surface area contributed by atoms with Crippen molar-refractivity contribution in [2.75, 3.05) is 30.3 Å². The van der Waals surface area contributed by atoms with Crippen molar-refractivity contribution in [1.82, 2.24) is 9.88 Å². The molecule has 1 unspecified atom stereocenters. The largest absolute Gasteiger partial charge is 0.478 e. The number of nitrogens with one attached hydrogen (secondary N) is 2. The van der Waals surface area contributed by atoms with Crippen LogP contribution in [0.1, 0.15) is 44.1 Å². The zero-order valence-electron chi connectivity index (χ0n) is 17.7. The van der Waals surface area contributed by atoms with Gasteiger partial charge in [0.1, 0.15) is 0 Å². The van der Waals surface area contributed by atoms with E-state index in [-0.39, 0.29) is 35.2 Å². The van der Waals surface area contributed by atoms with Crippen molar-refractivity contribution in [3.8, 4) is 0 Å². The van der Waals surface area contributed by atoms with Crippen molar-refractivity contribution >= 4 is 45.9 Å². The van der Waals surface area contributed by atoms with E-state index in [0.717, 1.165) is 23.1 Å². The first-order valence-electron chi connectivity index (χ1n) is 10.0. The lowest BCUT2D eigenvalue weighted by Gasteiger charge is -2.31. The summed E-state index contributed by atoms with van der Waals surface area (Å²) in [6.45, 7) is 4.96. The Morgan fingerprint density at radius 3 is 2.31 bits per heavy atom. The Bertz CT molecular complexity index is 1010. The smallest absolute Gasteiger partial charge is 0.335 e. The van der Waals surface area contributed by atoms with Crippen LogP contribution in [0.15, 0.2) is 18.2 Å². The fourth-order valence-corrected chi connectivity index (χ4v) is 4.32. The van der Waals surface area contributed by atoms with Gasteiger partial charge >= 0.3 is 11.9 Å². The number of carbonyl (C=O) groups excluding carboxylic acids is 2. The molecular weight excluding hydrogens is 436 g/mol. The Labute approximate surface area is 188 Å².